The van der Waals surface area contributed by atoms with Crippen molar-refractivity contribution < 1.29 is 19.3 Å². The Labute approximate surface area is 192 Å². The summed E-state index contributed by atoms with van der Waals surface area (Å²) in [4.78, 5) is 22.3. The van der Waals surface area contributed by atoms with E-state index in [1.807, 2.05) is 42.4 Å². The van der Waals surface area contributed by atoms with Crippen molar-refractivity contribution in [1.29, 1.82) is 0 Å². The molecule has 172 valence electrons. The zero-order valence-electron chi connectivity index (χ0n) is 18.8. The molecule has 2 aromatic rings. The van der Waals surface area contributed by atoms with Crippen molar-refractivity contribution in [2.24, 2.45) is 10.9 Å². The Morgan fingerprint density at radius 1 is 1.45 bits per heavy atom. The second kappa shape index (κ2) is 7.41. The van der Waals surface area contributed by atoms with Crippen LogP contribution in [0.25, 0.3) is 10.9 Å². The fourth-order valence-electron chi connectivity index (χ4n) is 6.09. The minimum atomic E-state index is -0.339. The van der Waals surface area contributed by atoms with Crippen molar-refractivity contribution in [3.63, 3.8) is 0 Å². The van der Waals surface area contributed by atoms with Crippen LogP contribution in [0, 0.1) is 0 Å². The number of nitrogens with two attached hydrogens (primary N) is 1. The summed E-state index contributed by atoms with van der Waals surface area (Å²) in [5.41, 5.74) is 3.92. The topological polar surface area (TPSA) is 116 Å². The quantitative estimate of drug-likeness (QED) is 0.344. The molecule has 9 nitrogen and oxygen atoms in total. The van der Waals surface area contributed by atoms with Gasteiger partial charge in [-0.15, -0.1) is 0 Å². The van der Waals surface area contributed by atoms with E-state index < -0.39 is 0 Å². The molecule has 3 saturated heterocycles. The van der Waals surface area contributed by atoms with Gasteiger partial charge in [-0.2, -0.15) is 5.10 Å². The fraction of sp³-hybridized carbons (Fsp3) is 0.500. The van der Waals surface area contributed by atoms with Crippen LogP contribution >= 0.6 is 0 Å². The van der Waals surface area contributed by atoms with Gasteiger partial charge in [-0.3, -0.25) is 4.98 Å². The summed E-state index contributed by atoms with van der Waals surface area (Å²) in [7, 11) is 0. The van der Waals surface area contributed by atoms with E-state index in [0.29, 0.717) is 18.9 Å². The van der Waals surface area contributed by atoms with Gasteiger partial charge < -0.3 is 25.5 Å². The predicted molar refractivity (Wildman–Crippen MR) is 123 cm³/mol. The fourth-order valence-corrected chi connectivity index (χ4v) is 6.09. The lowest BCUT2D eigenvalue weighted by Gasteiger charge is -2.45. The highest BCUT2D eigenvalue weighted by molar-refractivity contribution is 6.30. The SMILES string of the molecule is C[C@@H](Oc1ccc2ncc3c(c2c1)CCOC3)/C(C=[NH+]C12CN3C(=O)NCCC3(C1)C2)=N/N. The van der Waals surface area contributed by atoms with E-state index >= 15 is 0 Å². The number of rotatable bonds is 5. The van der Waals surface area contributed by atoms with Crippen molar-refractivity contribution in [3.8, 4) is 5.75 Å². The van der Waals surface area contributed by atoms with E-state index in [1.165, 1.54) is 5.56 Å². The first-order valence-corrected chi connectivity index (χ1v) is 11.6. The third kappa shape index (κ3) is 3.25. The highest BCUT2D eigenvalue weighted by atomic mass is 16.5. The van der Waals surface area contributed by atoms with Crippen LogP contribution in [-0.4, -0.2) is 64.7 Å². The number of nitrogens with one attached hydrogen (secondary N) is 2. The molecule has 5 heterocycles. The van der Waals surface area contributed by atoms with Gasteiger partial charge in [-0.25, -0.2) is 9.79 Å². The Morgan fingerprint density at radius 2 is 2.33 bits per heavy atom. The molecule has 1 aromatic heterocycles. The first-order valence-electron chi connectivity index (χ1n) is 11.6. The molecule has 4 aliphatic heterocycles. The number of aromatic nitrogens is 1. The molecular weight excluding hydrogens is 420 g/mol. The van der Waals surface area contributed by atoms with Gasteiger partial charge in [0.1, 0.15) is 11.9 Å². The van der Waals surface area contributed by atoms with Crippen molar-refractivity contribution in [1.82, 2.24) is 15.2 Å². The van der Waals surface area contributed by atoms with Crippen molar-refractivity contribution in [3.05, 3.63) is 35.5 Å². The van der Waals surface area contributed by atoms with E-state index in [9.17, 15) is 4.79 Å². The van der Waals surface area contributed by atoms with Crippen LogP contribution in [0.3, 0.4) is 0 Å². The summed E-state index contributed by atoms with van der Waals surface area (Å²) in [6.45, 7) is 4.72. The summed E-state index contributed by atoms with van der Waals surface area (Å²) in [5.74, 6) is 6.48. The lowest BCUT2D eigenvalue weighted by atomic mass is 9.66. The van der Waals surface area contributed by atoms with Gasteiger partial charge in [0.15, 0.2) is 17.5 Å². The zero-order valence-corrected chi connectivity index (χ0v) is 18.8. The molecule has 1 saturated carbocycles. The minimum Gasteiger partial charge on any atom is -0.484 e. The van der Waals surface area contributed by atoms with E-state index in [0.717, 1.165) is 61.1 Å². The standard InChI is InChI=1S/C24H28N6O3/c1-15(33-17-2-3-20-19(8-17)18-4-7-32-11-16(18)9-27-20)21(29-25)10-28-23-12-24(13-23)5-6-26-22(31)30(24)14-23/h2-3,8-10,15H,4-7,11-14,25H2,1H3,(H,26,31)/p+1/b28-10?,29-21+/t15-,23?,24?/m1/s1. The minimum absolute atomic E-state index is 0.0224. The maximum atomic E-state index is 12.2. The molecule has 2 amide bonds. The number of hydrogen-bond acceptors (Lipinski definition) is 6. The Morgan fingerprint density at radius 3 is 3.15 bits per heavy atom. The number of hydrogen-bond donors (Lipinski definition) is 3. The monoisotopic (exact) mass is 449 g/mol. The highest BCUT2D eigenvalue weighted by Crippen LogP contribution is 2.53. The van der Waals surface area contributed by atoms with E-state index in [1.54, 1.807) is 0 Å². The summed E-state index contributed by atoms with van der Waals surface area (Å²) in [5, 5.41) is 8.04. The number of fused-ring (bicyclic) bond motifs is 3. The third-order valence-corrected chi connectivity index (χ3v) is 7.68. The van der Waals surface area contributed by atoms with Gasteiger partial charge in [0, 0.05) is 31.0 Å². The molecular formula is C24H29N6O3+. The molecule has 0 unspecified atom stereocenters. The molecule has 0 radical (unpaired) electrons. The number of pyridine rings is 1. The van der Waals surface area contributed by atoms with Crippen LogP contribution in [0.2, 0.25) is 0 Å². The Kier molecular flexibility index (Phi) is 4.58. The summed E-state index contributed by atoms with van der Waals surface area (Å²) >= 11 is 0. The van der Waals surface area contributed by atoms with Crippen molar-refractivity contribution in [2.45, 2.75) is 56.4 Å². The molecule has 4 fully saturated rings. The number of ether oxygens (including phenoxy) is 2. The molecule has 7 rings (SSSR count). The molecule has 2 bridgehead atoms. The number of carbonyl (C=O) groups excluding carboxylic acids is 1. The van der Waals surface area contributed by atoms with E-state index in [-0.39, 0.29) is 23.2 Å². The number of amides is 2. The molecule has 33 heavy (non-hydrogen) atoms. The maximum absolute atomic E-state index is 12.2. The predicted octanol–water partition coefficient (Wildman–Crippen LogP) is 0.241. The lowest BCUT2D eigenvalue weighted by molar-refractivity contribution is -0.558. The second-order valence-electron chi connectivity index (χ2n) is 9.77. The first kappa shape index (κ1) is 20.4. The largest absolute Gasteiger partial charge is 0.484 e. The summed E-state index contributed by atoms with van der Waals surface area (Å²) in [6, 6.07) is 6.01. The van der Waals surface area contributed by atoms with Crippen LogP contribution in [0.1, 0.15) is 37.3 Å². The number of hydrazone groups is 1. The molecule has 9 heteroatoms. The smallest absolute Gasteiger partial charge is 0.318 e. The van der Waals surface area contributed by atoms with Gasteiger partial charge in [0.25, 0.3) is 0 Å². The average molecular weight is 450 g/mol. The van der Waals surface area contributed by atoms with Gasteiger partial charge in [-0.05, 0) is 49.1 Å². The van der Waals surface area contributed by atoms with Gasteiger partial charge in [0.2, 0.25) is 0 Å². The van der Waals surface area contributed by atoms with Crippen LogP contribution in [-0.2, 0) is 17.8 Å². The van der Waals surface area contributed by atoms with Gasteiger partial charge in [0.05, 0.1) is 30.8 Å². The first-order chi connectivity index (χ1) is 16.0. The van der Waals surface area contributed by atoms with E-state index in [4.69, 9.17) is 15.3 Å². The van der Waals surface area contributed by atoms with Crippen molar-refractivity contribution in [2.75, 3.05) is 19.7 Å². The Balaban J connectivity index is 1.18. The molecule has 5 aliphatic rings. The Bertz CT molecular complexity index is 1190. The number of benzene rings is 1. The second-order valence-corrected chi connectivity index (χ2v) is 9.77. The Hall–Kier alpha value is -3.20. The highest BCUT2D eigenvalue weighted by Gasteiger charge is 2.71. The average Bonchev–Trinajstić information content (AvgIpc) is 3.32. The van der Waals surface area contributed by atoms with Crippen LogP contribution in [0.15, 0.2) is 29.5 Å². The van der Waals surface area contributed by atoms with Gasteiger partial charge in [-0.1, -0.05) is 0 Å². The molecule has 1 aliphatic carbocycles. The van der Waals surface area contributed by atoms with Crippen LogP contribution in [0.4, 0.5) is 4.79 Å². The van der Waals surface area contributed by atoms with Crippen LogP contribution < -0.4 is 20.9 Å². The molecule has 1 spiro atoms. The third-order valence-electron chi connectivity index (χ3n) is 7.68. The zero-order chi connectivity index (χ0) is 22.6. The lowest BCUT2D eigenvalue weighted by Crippen LogP contribution is -2.90. The van der Waals surface area contributed by atoms with Crippen LogP contribution in [0.5, 0.6) is 5.75 Å². The van der Waals surface area contributed by atoms with Crippen molar-refractivity contribution >= 4 is 28.9 Å². The molecule has 4 N–H and O–H groups in total. The van der Waals surface area contributed by atoms with Gasteiger partial charge >= 0.3 is 6.03 Å². The summed E-state index contributed by atoms with van der Waals surface area (Å²) < 4.78 is 11.8. The normalized spacial score (nSPS) is 29.4. The van der Waals surface area contributed by atoms with E-state index in [2.05, 4.69) is 20.4 Å². The maximum Gasteiger partial charge on any atom is 0.318 e. The number of carbonyl (C=O) groups is 1. The number of urea groups is 1. The molecule has 1 aromatic carbocycles. The summed E-state index contributed by atoms with van der Waals surface area (Å²) in [6.07, 6.45) is 7.23. The number of nitrogens with zero attached hydrogens (tertiary/aromatic N) is 3. The molecule has 1 atom stereocenters.